The number of ether oxygens (including phenoxy) is 1. The molecule has 0 bridgehead atoms. The number of aromatic nitrogens is 2. The highest BCUT2D eigenvalue weighted by molar-refractivity contribution is 6.05. The monoisotopic (exact) mass is 409 g/mol. The van der Waals surface area contributed by atoms with E-state index in [9.17, 15) is 22.8 Å². The van der Waals surface area contributed by atoms with Crippen molar-refractivity contribution in [2.45, 2.75) is 31.0 Å². The molecule has 1 aromatic heterocycles. The smallest absolute Gasteiger partial charge is 0.473 e. The summed E-state index contributed by atoms with van der Waals surface area (Å²) >= 11 is 0. The van der Waals surface area contributed by atoms with Crippen LogP contribution in [0.1, 0.15) is 35.2 Å². The molecule has 1 aliphatic carbocycles. The summed E-state index contributed by atoms with van der Waals surface area (Å²) in [7, 11) is 1.57. The maximum atomic E-state index is 12.4. The van der Waals surface area contributed by atoms with Crippen LogP contribution in [0.15, 0.2) is 36.7 Å². The Hall–Kier alpha value is -3.21. The summed E-state index contributed by atoms with van der Waals surface area (Å²) in [6.07, 6.45) is -0.609. The van der Waals surface area contributed by atoms with Gasteiger partial charge in [0.2, 0.25) is 5.95 Å². The second-order valence-corrected chi connectivity index (χ2v) is 6.57. The molecule has 0 radical (unpaired) electrons. The van der Waals surface area contributed by atoms with Gasteiger partial charge in [-0.3, -0.25) is 9.59 Å². The molecule has 1 saturated carbocycles. The largest absolute Gasteiger partial charge is 0.497 e. The molecule has 2 aromatic rings. The molecule has 1 aromatic carbocycles. The first-order chi connectivity index (χ1) is 13.7. The Morgan fingerprint density at radius 3 is 2.41 bits per heavy atom. The Balaban J connectivity index is 1.76. The van der Waals surface area contributed by atoms with Gasteiger partial charge in [-0.15, -0.1) is 0 Å². The summed E-state index contributed by atoms with van der Waals surface area (Å²) in [5.74, 6) is 2.04. The number of nitrogens with one attached hydrogen (secondary N) is 1. The quantitative estimate of drug-likeness (QED) is 0.443. The van der Waals surface area contributed by atoms with E-state index in [2.05, 4.69) is 15.3 Å². The third kappa shape index (κ3) is 4.14. The van der Waals surface area contributed by atoms with Crippen LogP contribution in [0.25, 0.3) is 0 Å². The van der Waals surface area contributed by atoms with Gasteiger partial charge in [0, 0.05) is 12.4 Å². The highest BCUT2D eigenvalue weighted by Crippen LogP contribution is 2.44. The molecule has 1 heterocycles. The Morgan fingerprint density at radius 2 is 1.90 bits per heavy atom. The van der Waals surface area contributed by atoms with Crippen molar-refractivity contribution < 1.29 is 27.5 Å². The average Bonchev–Trinajstić information content (AvgIpc) is 2.68. The fourth-order valence-corrected chi connectivity index (χ4v) is 3.02. The van der Waals surface area contributed by atoms with E-state index in [0.717, 1.165) is 37.2 Å². The number of carbonyl (C=O) groups excluding carboxylic acids is 2. The Labute approximate surface area is 163 Å². The fraction of sp³-hybridized carbons (Fsp3) is 0.333. The van der Waals surface area contributed by atoms with E-state index in [4.69, 9.17) is 10.6 Å². The van der Waals surface area contributed by atoms with E-state index in [1.54, 1.807) is 7.11 Å². The number of hydrogen-bond acceptors (Lipinski definition) is 7. The minimum absolute atomic E-state index is 0.190. The summed E-state index contributed by atoms with van der Waals surface area (Å²) in [5.41, 5.74) is 0.224. The van der Waals surface area contributed by atoms with Crippen LogP contribution < -0.4 is 15.9 Å². The third-order valence-electron chi connectivity index (χ3n) is 4.76. The minimum atomic E-state index is -5.26. The lowest BCUT2D eigenvalue weighted by Crippen LogP contribution is -2.49. The van der Waals surface area contributed by atoms with E-state index in [1.165, 1.54) is 0 Å². The first-order valence-electron chi connectivity index (χ1n) is 8.61. The first kappa shape index (κ1) is 20.5. The molecule has 1 aliphatic rings. The van der Waals surface area contributed by atoms with E-state index >= 15 is 0 Å². The van der Waals surface area contributed by atoms with Crippen LogP contribution in [0.5, 0.6) is 5.75 Å². The number of carbonyl (C=O) groups is 2. The number of methoxy groups -OCH3 is 1. The van der Waals surface area contributed by atoms with Crippen LogP contribution in [-0.2, 0) is 10.3 Å². The van der Waals surface area contributed by atoms with Crippen LogP contribution >= 0.6 is 0 Å². The van der Waals surface area contributed by atoms with Gasteiger partial charge in [-0.2, -0.15) is 13.2 Å². The zero-order valence-corrected chi connectivity index (χ0v) is 15.4. The highest BCUT2D eigenvalue weighted by Gasteiger charge is 2.44. The van der Waals surface area contributed by atoms with E-state index in [-0.39, 0.29) is 11.5 Å². The van der Waals surface area contributed by atoms with Crippen LogP contribution in [0.2, 0.25) is 0 Å². The van der Waals surface area contributed by atoms with Gasteiger partial charge >= 0.3 is 12.1 Å². The second kappa shape index (κ2) is 7.66. The summed E-state index contributed by atoms with van der Waals surface area (Å²) in [6, 6.07) is 7.54. The van der Waals surface area contributed by atoms with Gasteiger partial charge < -0.3 is 10.1 Å². The summed E-state index contributed by atoms with van der Waals surface area (Å²) < 4.78 is 42.5. The van der Waals surface area contributed by atoms with Crippen molar-refractivity contribution >= 4 is 17.8 Å². The third-order valence-corrected chi connectivity index (χ3v) is 4.76. The molecule has 8 nitrogen and oxygen atoms in total. The van der Waals surface area contributed by atoms with Gasteiger partial charge in [0.25, 0.3) is 5.91 Å². The number of imide groups is 1. The number of hydrogen-bond donors (Lipinski definition) is 2. The van der Waals surface area contributed by atoms with Crippen LogP contribution in [0, 0.1) is 0 Å². The molecule has 154 valence electrons. The number of anilines is 1. The molecule has 0 saturated heterocycles. The molecule has 11 heteroatoms. The molecule has 3 rings (SSSR count). The molecule has 0 aliphatic heterocycles. The summed E-state index contributed by atoms with van der Waals surface area (Å²) in [6.45, 7) is 0. The Bertz CT molecular complexity index is 914. The zero-order valence-electron chi connectivity index (χ0n) is 15.4. The van der Waals surface area contributed by atoms with Gasteiger partial charge in [-0.05, 0) is 37.0 Å². The number of alkyl halides is 3. The van der Waals surface area contributed by atoms with Gasteiger partial charge in [-0.1, -0.05) is 12.1 Å². The van der Waals surface area contributed by atoms with Gasteiger partial charge in [-0.25, -0.2) is 20.8 Å². The lowest BCUT2D eigenvalue weighted by molar-refractivity contribution is -0.182. The lowest BCUT2D eigenvalue weighted by atomic mass is 9.72. The first-order valence-corrected chi connectivity index (χ1v) is 8.61. The molecule has 29 heavy (non-hydrogen) atoms. The molecule has 2 amide bonds. The fourth-order valence-electron chi connectivity index (χ4n) is 3.02. The van der Waals surface area contributed by atoms with Crippen molar-refractivity contribution in [3.63, 3.8) is 0 Å². The molecular formula is C18H18F3N5O3. The van der Waals surface area contributed by atoms with Crippen LogP contribution in [-0.4, -0.2) is 40.1 Å². The zero-order chi connectivity index (χ0) is 21.2. The van der Waals surface area contributed by atoms with E-state index in [1.807, 2.05) is 24.3 Å². The number of halogens is 3. The minimum Gasteiger partial charge on any atom is -0.497 e. The standard InChI is InChI=1S/C18H18F3N5O3/c1-29-13-5-2-4-12(8-13)17(6-3-7-17)25-16-23-9-11(10-24-16)14(27)26(22)15(28)18(19,20)21/h2,4-5,8-10H,3,6-7,22H2,1H3,(H,23,24,25). The number of nitrogens with two attached hydrogens (primary N) is 1. The van der Waals surface area contributed by atoms with Gasteiger partial charge in [0.05, 0.1) is 18.2 Å². The molecular weight excluding hydrogens is 391 g/mol. The number of amides is 2. The van der Waals surface area contributed by atoms with E-state index in [0.29, 0.717) is 5.75 Å². The number of benzene rings is 1. The lowest BCUT2D eigenvalue weighted by Gasteiger charge is -2.43. The van der Waals surface area contributed by atoms with Crippen molar-refractivity contribution in [3.05, 3.63) is 47.8 Å². The van der Waals surface area contributed by atoms with Crippen molar-refractivity contribution in [1.29, 1.82) is 0 Å². The summed E-state index contributed by atoms with van der Waals surface area (Å²) in [5, 5.41) is 2.72. The normalized spacial score (nSPS) is 15.2. The molecule has 0 unspecified atom stereocenters. The Morgan fingerprint density at radius 1 is 1.24 bits per heavy atom. The van der Waals surface area contributed by atoms with Crippen molar-refractivity contribution in [2.24, 2.45) is 5.84 Å². The Kier molecular flexibility index (Phi) is 5.42. The average molecular weight is 409 g/mol. The maximum absolute atomic E-state index is 12.4. The van der Waals surface area contributed by atoms with Crippen LogP contribution in [0.3, 0.4) is 0 Å². The van der Waals surface area contributed by atoms with Crippen molar-refractivity contribution in [3.8, 4) is 5.75 Å². The summed E-state index contributed by atoms with van der Waals surface area (Å²) in [4.78, 5) is 31.0. The highest BCUT2D eigenvalue weighted by atomic mass is 19.4. The van der Waals surface area contributed by atoms with Gasteiger partial charge in [0.1, 0.15) is 5.75 Å². The molecule has 1 fully saturated rings. The molecule has 0 atom stereocenters. The SMILES string of the molecule is COc1cccc(C2(Nc3ncc(C(=O)N(N)C(=O)C(F)(F)F)cn3)CCC2)c1. The number of rotatable bonds is 5. The van der Waals surface area contributed by atoms with Gasteiger partial charge in [0.15, 0.2) is 0 Å². The molecule has 0 spiro atoms. The van der Waals surface area contributed by atoms with Crippen molar-refractivity contribution in [1.82, 2.24) is 15.0 Å². The van der Waals surface area contributed by atoms with E-state index < -0.39 is 28.5 Å². The second-order valence-electron chi connectivity index (χ2n) is 6.57. The van der Waals surface area contributed by atoms with Crippen molar-refractivity contribution in [2.75, 3.05) is 12.4 Å². The van der Waals surface area contributed by atoms with Crippen LogP contribution in [0.4, 0.5) is 19.1 Å². The topological polar surface area (TPSA) is 110 Å². The maximum Gasteiger partial charge on any atom is 0.473 e. The number of nitrogens with zero attached hydrogens (tertiary/aromatic N) is 3. The predicted molar refractivity (Wildman–Crippen MR) is 95.6 cm³/mol. The molecule has 3 N–H and O–H groups in total. The predicted octanol–water partition coefficient (Wildman–Crippen LogP) is 2.38. The number of hydrazine groups is 1.